The van der Waals surface area contributed by atoms with Crippen LogP contribution < -0.4 is 0 Å². The van der Waals surface area contributed by atoms with Crippen molar-refractivity contribution in [2.45, 2.75) is 0 Å². The fourth-order valence-electron chi connectivity index (χ4n) is 22.1. The van der Waals surface area contributed by atoms with Gasteiger partial charge in [-0.15, -0.1) is 22.7 Å². The summed E-state index contributed by atoms with van der Waals surface area (Å²) in [4.78, 5) is 0. The number of rotatable bonds is 10. The van der Waals surface area contributed by atoms with E-state index >= 15 is 0 Å². The lowest BCUT2D eigenvalue weighted by Crippen LogP contribution is -1.94. The normalized spacial score (nSPS) is 12.1. The van der Waals surface area contributed by atoms with Crippen molar-refractivity contribution in [2.75, 3.05) is 0 Å². The van der Waals surface area contributed by atoms with E-state index in [1.54, 1.807) is 22.7 Å². The van der Waals surface area contributed by atoms with E-state index in [0.29, 0.717) is 12.1 Å². The largest absolute Gasteiger partial charge is 0.309 e. The first kappa shape index (κ1) is 76.8. The molecule has 0 saturated heterocycles. The fraction of sp³-hybridized carbons (Fsp3) is 0. The van der Waals surface area contributed by atoms with E-state index in [-0.39, 0.29) is 0 Å². The maximum atomic E-state index is 8.98. The number of nitrogens with zero attached hydrogens (tertiary/aromatic N) is 6. The highest BCUT2D eigenvalue weighted by Crippen LogP contribution is 2.47. The Morgan fingerprint density at radius 2 is 0.384 bits per heavy atom. The maximum Gasteiger partial charge on any atom is 0.0639 e. The molecule has 8 heteroatoms. The van der Waals surface area contributed by atoms with Gasteiger partial charge in [-0.25, -0.2) is 0 Å². The molecule has 0 aliphatic rings. The molecular weight excluding hydrogens is 1710 g/mol. The van der Waals surface area contributed by atoms with E-state index in [9.17, 15) is 0 Å². The maximum absolute atomic E-state index is 8.98. The lowest BCUT2D eigenvalue weighted by Gasteiger charge is -2.10. The standard InChI is InChI=1S/C46H30N2.2C42H26N2S/c1-3-11-31(12-4-1)32-19-24-37(25-20-32)48-44-27-23-35(30-41(44)46-38-16-8-7-13-33(38)21-28-45(46)48)34-22-26-43-40(29-34)39-17-9-10-18-42(39)47(43)36-14-5-2-6-15-36;2*1-2-10-29(11-3-1)43-37-15-7-4-12-31(37)34-24-27(18-21-39(34)43)28-19-22-40-35(25-28)32-13-5-8-16-38(32)44(40)30-20-23-42-36(26-30)33-14-6-9-17-41(33)45-42/h1-30H;2*1-26H/i;2*23D. The quantitative estimate of drug-likeness (QED) is 0.131. The molecule has 8 aromatic heterocycles. The molecule has 644 valence electrons. The van der Waals surface area contributed by atoms with Crippen LogP contribution in [0.4, 0.5) is 0 Å². The van der Waals surface area contributed by atoms with Crippen molar-refractivity contribution >= 4 is 205 Å². The summed E-state index contributed by atoms with van der Waals surface area (Å²) in [6.07, 6.45) is 0. The van der Waals surface area contributed by atoms with Crippen LogP contribution in [0.15, 0.2) is 497 Å². The Labute approximate surface area is 804 Å². The van der Waals surface area contributed by atoms with Crippen molar-refractivity contribution in [3.05, 3.63) is 497 Å². The third kappa shape index (κ3) is 12.8. The van der Waals surface area contributed by atoms with Crippen LogP contribution >= 0.6 is 22.7 Å². The predicted octanol–water partition coefficient (Wildman–Crippen LogP) is 36.2. The molecule has 6 nitrogen and oxygen atoms in total. The minimum atomic E-state index is 0.569. The number of aromatic nitrogens is 6. The van der Waals surface area contributed by atoms with E-state index in [2.05, 4.69) is 501 Å². The molecular formula is C130H82N6S2. The minimum absolute atomic E-state index is 0.569. The van der Waals surface area contributed by atoms with Crippen LogP contribution in [0.3, 0.4) is 0 Å². The van der Waals surface area contributed by atoms with Gasteiger partial charge in [-0.3, -0.25) is 0 Å². The van der Waals surface area contributed by atoms with Gasteiger partial charge in [0.25, 0.3) is 0 Å². The molecule has 0 atom stereocenters. The summed E-state index contributed by atoms with van der Waals surface area (Å²) in [6, 6.07) is 176. The summed E-state index contributed by atoms with van der Waals surface area (Å²) in [7, 11) is 0. The molecule has 0 unspecified atom stereocenters. The highest BCUT2D eigenvalue weighted by atomic mass is 32.1. The summed E-state index contributed by atoms with van der Waals surface area (Å²) in [6.45, 7) is 0. The summed E-state index contributed by atoms with van der Waals surface area (Å²) in [5, 5.41) is 22.2. The van der Waals surface area contributed by atoms with E-state index in [1.807, 2.05) is 12.1 Å². The van der Waals surface area contributed by atoms with Gasteiger partial charge in [-0.05, 0) is 261 Å². The Bertz CT molecular complexity index is 9910. The molecule has 0 radical (unpaired) electrons. The summed E-state index contributed by atoms with van der Waals surface area (Å²) >= 11 is 3.41. The Morgan fingerprint density at radius 1 is 0.138 bits per heavy atom. The molecule has 30 aromatic rings. The Morgan fingerprint density at radius 3 is 0.746 bits per heavy atom. The van der Waals surface area contributed by atoms with Crippen molar-refractivity contribution in [1.29, 1.82) is 0 Å². The van der Waals surface area contributed by atoms with Gasteiger partial charge in [-0.1, -0.05) is 291 Å². The fourth-order valence-corrected chi connectivity index (χ4v) is 24.2. The van der Waals surface area contributed by atoms with Gasteiger partial charge in [0.1, 0.15) is 0 Å². The zero-order valence-corrected chi connectivity index (χ0v) is 76.3. The third-order valence-electron chi connectivity index (χ3n) is 28.4. The number of benzene rings is 22. The van der Waals surface area contributed by atoms with E-state index in [1.165, 1.54) is 201 Å². The van der Waals surface area contributed by atoms with Crippen molar-refractivity contribution < 1.29 is 2.74 Å². The highest BCUT2D eigenvalue weighted by molar-refractivity contribution is 7.26. The van der Waals surface area contributed by atoms with Crippen molar-refractivity contribution in [3.63, 3.8) is 0 Å². The van der Waals surface area contributed by atoms with Crippen LogP contribution in [0.25, 0.3) is 261 Å². The molecule has 0 amide bonds. The molecule has 0 aliphatic carbocycles. The second-order valence-electron chi connectivity index (χ2n) is 36.0. The van der Waals surface area contributed by atoms with E-state index < -0.39 is 0 Å². The van der Waals surface area contributed by atoms with Gasteiger partial charge >= 0.3 is 0 Å². The molecule has 0 aliphatic heterocycles. The first-order chi connectivity index (χ1) is 69.3. The molecule has 0 saturated carbocycles. The number of para-hydroxylation sites is 8. The van der Waals surface area contributed by atoms with Gasteiger partial charge < -0.3 is 27.4 Å². The van der Waals surface area contributed by atoms with Gasteiger partial charge in [0.05, 0.1) is 68.9 Å². The molecule has 0 fully saturated rings. The SMILES string of the molecule is [2H]c1cc(-n2c3ccccc3c3cc(-c4ccc5c(c4)c4ccccc4n5-c4ccccc4)ccc32)cc2c1sc1ccccc12.[2H]c1cc(-n2c3ccccc3c3cc(-c4ccc5c(c4)c4ccccc4n5-c4ccccc4)ccc32)cc2c1sc1ccccc12.c1ccc(-c2ccc(-n3c4ccc(-c5ccc6c(c5)c5ccccc5n6-c5ccccc5)cc4c4c5ccccc5ccc43)cc2)cc1. The Hall–Kier alpha value is -17.7. The molecule has 138 heavy (non-hydrogen) atoms. The number of hydrogen-bond donors (Lipinski definition) is 0. The highest BCUT2D eigenvalue weighted by Gasteiger charge is 2.24. The van der Waals surface area contributed by atoms with Gasteiger partial charge in [0.15, 0.2) is 0 Å². The lowest BCUT2D eigenvalue weighted by molar-refractivity contribution is 1.18. The Balaban J connectivity index is 0.000000103. The van der Waals surface area contributed by atoms with Crippen LogP contribution in [-0.2, 0) is 0 Å². The van der Waals surface area contributed by atoms with Crippen molar-refractivity contribution in [3.8, 4) is 78.6 Å². The molecule has 30 rings (SSSR count). The smallest absolute Gasteiger partial charge is 0.0639 e. The molecule has 0 N–H and O–H groups in total. The van der Waals surface area contributed by atoms with E-state index in [0.717, 1.165) is 59.3 Å². The van der Waals surface area contributed by atoms with Crippen LogP contribution in [-0.4, -0.2) is 27.4 Å². The van der Waals surface area contributed by atoms with Crippen LogP contribution in [0.1, 0.15) is 2.74 Å². The summed E-state index contributed by atoms with van der Waals surface area (Å²) < 4.78 is 36.7. The lowest BCUT2D eigenvalue weighted by atomic mass is 9.99. The monoisotopic (exact) mass is 1790 g/mol. The third-order valence-corrected chi connectivity index (χ3v) is 30.6. The Kier molecular flexibility index (Phi) is 17.8. The van der Waals surface area contributed by atoms with Crippen LogP contribution in [0, 0.1) is 0 Å². The van der Waals surface area contributed by atoms with Crippen molar-refractivity contribution in [2.24, 2.45) is 0 Å². The molecule has 0 bridgehead atoms. The van der Waals surface area contributed by atoms with Crippen LogP contribution in [0.5, 0.6) is 0 Å². The summed E-state index contributed by atoms with van der Waals surface area (Å²) in [5.41, 5.74) is 30.6. The number of hydrogen-bond acceptors (Lipinski definition) is 2. The van der Waals surface area contributed by atoms with Gasteiger partial charge in [0, 0.05) is 139 Å². The van der Waals surface area contributed by atoms with Crippen LogP contribution in [0.2, 0.25) is 0 Å². The minimum Gasteiger partial charge on any atom is -0.309 e. The molecule has 0 spiro atoms. The predicted molar refractivity (Wildman–Crippen MR) is 590 cm³/mol. The zero-order chi connectivity index (χ0) is 92.3. The van der Waals surface area contributed by atoms with Crippen molar-refractivity contribution in [1.82, 2.24) is 27.4 Å². The molecule has 8 heterocycles. The average molecular weight is 1790 g/mol. The first-order valence-corrected chi connectivity index (χ1v) is 48.7. The van der Waals surface area contributed by atoms with E-state index in [4.69, 9.17) is 2.74 Å². The zero-order valence-electron chi connectivity index (χ0n) is 76.7. The average Bonchev–Trinajstić information content (AvgIpc) is 1.57. The second-order valence-corrected chi connectivity index (χ2v) is 38.1. The first-order valence-electron chi connectivity index (χ1n) is 48.1. The summed E-state index contributed by atoms with van der Waals surface area (Å²) in [5.74, 6) is 0. The topological polar surface area (TPSA) is 29.6 Å². The molecule has 22 aromatic carbocycles. The second kappa shape index (κ2) is 32.1. The van der Waals surface area contributed by atoms with Gasteiger partial charge in [0.2, 0.25) is 0 Å². The number of thiophene rings is 2. The number of fused-ring (bicyclic) bond motifs is 26. The van der Waals surface area contributed by atoms with Gasteiger partial charge in [-0.2, -0.15) is 0 Å².